The lowest BCUT2D eigenvalue weighted by molar-refractivity contribution is 0.263. The molecule has 0 aliphatic carbocycles. The molecule has 0 aromatic heterocycles. The second-order valence-corrected chi connectivity index (χ2v) is 5.18. The van der Waals surface area contributed by atoms with Gasteiger partial charge in [-0.25, -0.2) is 4.39 Å². The van der Waals surface area contributed by atoms with E-state index >= 15 is 0 Å². The molecule has 1 aliphatic heterocycles. The Bertz CT molecular complexity index is 411. The summed E-state index contributed by atoms with van der Waals surface area (Å²) in [6.07, 6.45) is 1.86. The monoisotopic (exact) mass is 266 g/mol. The number of hydrogen-bond acceptors (Lipinski definition) is 3. The predicted octanol–water partition coefficient (Wildman–Crippen LogP) is 2.14. The number of rotatable bonds is 6. The number of nitrogens with zero attached hydrogens (tertiary/aromatic N) is 1. The van der Waals surface area contributed by atoms with E-state index in [-0.39, 0.29) is 12.4 Å². The molecule has 1 aromatic carbocycles. The average molecular weight is 266 g/mol. The van der Waals surface area contributed by atoms with E-state index < -0.39 is 0 Å². The third-order valence-electron chi connectivity index (χ3n) is 3.76. The molecule has 2 N–H and O–H groups in total. The number of anilines is 1. The van der Waals surface area contributed by atoms with Crippen LogP contribution in [0.4, 0.5) is 10.1 Å². The quantitative estimate of drug-likeness (QED) is 0.828. The van der Waals surface area contributed by atoms with Crippen molar-refractivity contribution >= 4 is 5.69 Å². The molecule has 0 amide bonds. The van der Waals surface area contributed by atoms with Crippen molar-refractivity contribution in [1.82, 2.24) is 5.32 Å². The SMILES string of the molecule is CCNCc1ccc(N2CCC(CCO)C2)c(F)c1. The van der Waals surface area contributed by atoms with E-state index in [1.54, 1.807) is 6.07 Å². The lowest BCUT2D eigenvalue weighted by atomic mass is 10.1. The Labute approximate surface area is 114 Å². The molecular formula is C15H23FN2O. The van der Waals surface area contributed by atoms with Crippen LogP contribution in [0.2, 0.25) is 0 Å². The first-order chi connectivity index (χ1) is 9.24. The van der Waals surface area contributed by atoms with Gasteiger partial charge in [0.15, 0.2) is 0 Å². The average Bonchev–Trinajstić information content (AvgIpc) is 2.85. The first-order valence-corrected chi connectivity index (χ1v) is 7.09. The van der Waals surface area contributed by atoms with E-state index in [2.05, 4.69) is 10.2 Å². The highest BCUT2D eigenvalue weighted by molar-refractivity contribution is 5.50. The fraction of sp³-hybridized carbons (Fsp3) is 0.600. The Morgan fingerprint density at radius 2 is 2.32 bits per heavy atom. The van der Waals surface area contributed by atoms with Gasteiger partial charge in [-0.3, -0.25) is 0 Å². The maximum absolute atomic E-state index is 14.1. The molecule has 0 saturated carbocycles. The fourth-order valence-electron chi connectivity index (χ4n) is 2.66. The molecule has 1 atom stereocenters. The summed E-state index contributed by atoms with van der Waals surface area (Å²) in [5, 5.41) is 12.2. The second-order valence-electron chi connectivity index (χ2n) is 5.18. The standard InChI is InChI=1S/C15H23FN2O/c1-2-17-10-13-3-4-15(14(16)9-13)18-7-5-12(11-18)6-8-19/h3-4,9,12,17,19H,2,5-8,10-11H2,1H3. The zero-order valence-electron chi connectivity index (χ0n) is 11.5. The van der Waals surface area contributed by atoms with Crippen LogP contribution in [0.3, 0.4) is 0 Å². The summed E-state index contributed by atoms with van der Waals surface area (Å²) in [6, 6.07) is 5.49. The first-order valence-electron chi connectivity index (χ1n) is 7.09. The van der Waals surface area contributed by atoms with Crippen molar-refractivity contribution in [2.45, 2.75) is 26.3 Å². The van der Waals surface area contributed by atoms with Gasteiger partial charge in [-0.15, -0.1) is 0 Å². The van der Waals surface area contributed by atoms with Gasteiger partial charge in [0, 0.05) is 26.2 Å². The normalized spacial score (nSPS) is 19.1. The van der Waals surface area contributed by atoms with Crippen LogP contribution in [0.5, 0.6) is 0 Å². The predicted molar refractivity (Wildman–Crippen MR) is 75.8 cm³/mol. The van der Waals surface area contributed by atoms with Gasteiger partial charge in [0.05, 0.1) is 5.69 Å². The van der Waals surface area contributed by atoms with Crippen LogP contribution < -0.4 is 10.2 Å². The van der Waals surface area contributed by atoms with Crippen LogP contribution in [-0.4, -0.2) is 31.3 Å². The Kier molecular flexibility index (Phi) is 5.16. The minimum absolute atomic E-state index is 0.139. The van der Waals surface area contributed by atoms with Crippen molar-refractivity contribution in [3.05, 3.63) is 29.6 Å². The molecule has 19 heavy (non-hydrogen) atoms. The molecule has 2 rings (SSSR count). The molecule has 106 valence electrons. The molecule has 0 bridgehead atoms. The van der Waals surface area contributed by atoms with Crippen LogP contribution in [0.25, 0.3) is 0 Å². The van der Waals surface area contributed by atoms with E-state index in [0.717, 1.165) is 38.0 Å². The van der Waals surface area contributed by atoms with Gasteiger partial charge in [-0.2, -0.15) is 0 Å². The molecule has 0 radical (unpaired) electrons. The molecule has 0 spiro atoms. The Hall–Kier alpha value is -1.13. The van der Waals surface area contributed by atoms with Crippen molar-refractivity contribution in [1.29, 1.82) is 0 Å². The van der Waals surface area contributed by atoms with Crippen molar-refractivity contribution in [2.24, 2.45) is 5.92 Å². The number of aliphatic hydroxyl groups excluding tert-OH is 1. The minimum Gasteiger partial charge on any atom is -0.396 e. The molecule has 4 heteroatoms. The van der Waals surface area contributed by atoms with Gasteiger partial charge < -0.3 is 15.3 Å². The molecule has 1 aromatic rings. The first kappa shape index (κ1) is 14.3. The van der Waals surface area contributed by atoms with Gasteiger partial charge in [0.2, 0.25) is 0 Å². The smallest absolute Gasteiger partial charge is 0.146 e. The highest BCUT2D eigenvalue weighted by Crippen LogP contribution is 2.28. The molecular weight excluding hydrogens is 243 g/mol. The molecule has 1 fully saturated rings. The van der Waals surface area contributed by atoms with Crippen molar-refractivity contribution in [3.8, 4) is 0 Å². The summed E-state index contributed by atoms with van der Waals surface area (Å²) in [5.41, 5.74) is 1.68. The summed E-state index contributed by atoms with van der Waals surface area (Å²) < 4.78 is 14.1. The molecule has 1 unspecified atom stereocenters. The van der Waals surface area contributed by atoms with E-state index in [9.17, 15) is 4.39 Å². The number of halogens is 1. The van der Waals surface area contributed by atoms with E-state index in [0.29, 0.717) is 18.2 Å². The molecule has 1 heterocycles. The number of nitrogens with one attached hydrogen (secondary N) is 1. The molecule has 1 saturated heterocycles. The lowest BCUT2D eigenvalue weighted by Gasteiger charge is -2.20. The topological polar surface area (TPSA) is 35.5 Å². The summed E-state index contributed by atoms with van der Waals surface area (Å²) >= 11 is 0. The van der Waals surface area contributed by atoms with Gasteiger partial charge in [-0.05, 0) is 43.0 Å². The van der Waals surface area contributed by atoms with Crippen molar-refractivity contribution < 1.29 is 9.50 Å². The summed E-state index contributed by atoms with van der Waals surface area (Å²) in [5.74, 6) is 0.353. The Morgan fingerprint density at radius 3 is 3.00 bits per heavy atom. The van der Waals surface area contributed by atoms with Gasteiger partial charge in [-0.1, -0.05) is 13.0 Å². The Morgan fingerprint density at radius 1 is 1.47 bits per heavy atom. The highest BCUT2D eigenvalue weighted by atomic mass is 19.1. The maximum Gasteiger partial charge on any atom is 0.146 e. The number of hydrogen-bond donors (Lipinski definition) is 2. The summed E-state index contributed by atoms with van der Waals surface area (Å²) in [4.78, 5) is 2.09. The van der Waals surface area contributed by atoms with Crippen molar-refractivity contribution in [2.75, 3.05) is 31.1 Å². The lowest BCUT2D eigenvalue weighted by Crippen LogP contribution is -2.21. The van der Waals surface area contributed by atoms with Crippen LogP contribution >= 0.6 is 0 Å². The van der Waals surface area contributed by atoms with Crippen LogP contribution in [0, 0.1) is 11.7 Å². The number of aliphatic hydroxyl groups is 1. The molecule has 3 nitrogen and oxygen atoms in total. The zero-order chi connectivity index (χ0) is 13.7. The summed E-state index contributed by atoms with van der Waals surface area (Å²) in [7, 11) is 0. The van der Waals surface area contributed by atoms with Crippen LogP contribution in [-0.2, 0) is 6.54 Å². The number of benzene rings is 1. The van der Waals surface area contributed by atoms with Crippen molar-refractivity contribution in [3.63, 3.8) is 0 Å². The third-order valence-corrected chi connectivity index (χ3v) is 3.76. The van der Waals surface area contributed by atoms with Gasteiger partial charge >= 0.3 is 0 Å². The second kappa shape index (κ2) is 6.87. The highest BCUT2D eigenvalue weighted by Gasteiger charge is 2.23. The van der Waals surface area contributed by atoms with Gasteiger partial charge in [0.25, 0.3) is 0 Å². The maximum atomic E-state index is 14.1. The minimum atomic E-state index is -0.139. The fourth-order valence-corrected chi connectivity index (χ4v) is 2.66. The van der Waals surface area contributed by atoms with Gasteiger partial charge in [0.1, 0.15) is 5.82 Å². The van der Waals surface area contributed by atoms with E-state index in [1.165, 1.54) is 0 Å². The van der Waals surface area contributed by atoms with E-state index in [1.807, 2.05) is 19.1 Å². The summed E-state index contributed by atoms with van der Waals surface area (Å²) in [6.45, 7) is 5.59. The zero-order valence-corrected chi connectivity index (χ0v) is 11.5. The third kappa shape index (κ3) is 3.67. The van der Waals surface area contributed by atoms with Crippen LogP contribution in [0.15, 0.2) is 18.2 Å². The largest absolute Gasteiger partial charge is 0.396 e. The van der Waals surface area contributed by atoms with E-state index in [4.69, 9.17) is 5.11 Å². The Balaban J connectivity index is 2.01. The van der Waals surface area contributed by atoms with Crippen LogP contribution in [0.1, 0.15) is 25.3 Å². The molecule has 1 aliphatic rings.